The molecule has 0 saturated carbocycles. The summed E-state index contributed by atoms with van der Waals surface area (Å²) in [6, 6.07) is 5.65. The van der Waals surface area contributed by atoms with E-state index in [1.54, 1.807) is 6.07 Å². The summed E-state index contributed by atoms with van der Waals surface area (Å²) in [7, 11) is 0. The van der Waals surface area contributed by atoms with Gasteiger partial charge in [-0.2, -0.15) is 4.98 Å². The summed E-state index contributed by atoms with van der Waals surface area (Å²) in [5.74, 6) is 0.293. The van der Waals surface area contributed by atoms with E-state index in [1.807, 2.05) is 0 Å². The standard InChI is InChI=1S/C10H7ClN4O3/c11-9-8(12)10(14-5-13-9)18-7-3-1-2-6(4-7)15(16)17/h1-5H,12H2. The lowest BCUT2D eigenvalue weighted by Gasteiger charge is -2.06. The summed E-state index contributed by atoms with van der Waals surface area (Å²) >= 11 is 5.70. The highest BCUT2D eigenvalue weighted by Gasteiger charge is 2.11. The van der Waals surface area contributed by atoms with Gasteiger partial charge in [0.05, 0.1) is 11.0 Å². The Balaban J connectivity index is 2.31. The second kappa shape index (κ2) is 4.84. The van der Waals surface area contributed by atoms with Crippen molar-refractivity contribution in [3.05, 3.63) is 45.9 Å². The maximum atomic E-state index is 10.6. The molecule has 92 valence electrons. The molecule has 2 N–H and O–H groups in total. The van der Waals surface area contributed by atoms with Crippen LogP contribution in [0.2, 0.25) is 5.15 Å². The first-order chi connectivity index (χ1) is 8.58. The Morgan fingerprint density at radius 3 is 2.89 bits per heavy atom. The number of aromatic nitrogens is 2. The predicted octanol–water partition coefficient (Wildman–Crippen LogP) is 2.41. The van der Waals surface area contributed by atoms with Crippen molar-refractivity contribution in [3.63, 3.8) is 0 Å². The normalized spacial score (nSPS) is 10.1. The van der Waals surface area contributed by atoms with Gasteiger partial charge in [-0.1, -0.05) is 17.7 Å². The average Bonchev–Trinajstić information content (AvgIpc) is 2.35. The van der Waals surface area contributed by atoms with E-state index in [0.717, 1.165) is 0 Å². The number of nitrogen functional groups attached to an aromatic ring is 1. The number of nitrogens with zero attached hydrogens (tertiary/aromatic N) is 3. The number of ether oxygens (including phenoxy) is 1. The first-order valence-electron chi connectivity index (χ1n) is 4.76. The number of rotatable bonds is 3. The Morgan fingerprint density at radius 2 is 2.17 bits per heavy atom. The molecule has 0 fully saturated rings. The van der Waals surface area contributed by atoms with Crippen LogP contribution in [0.25, 0.3) is 0 Å². The summed E-state index contributed by atoms with van der Waals surface area (Å²) in [5, 5.41) is 10.7. The van der Waals surface area contributed by atoms with Crippen LogP contribution in [0, 0.1) is 10.1 Å². The van der Waals surface area contributed by atoms with Crippen LogP contribution in [0.4, 0.5) is 11.4 Å². The van der Waals surface area contributed by atoms with Gasteiger partial charge in [0.15, 0.2) is 5.15 Å². The highest BCUT2D eigenvalue weighted by molar-refractivity contribution is 6.32. The Kier molecular flexibility index (Phi) is 3.24. The van der Waals surface area contributed by atoms with Crippen LogP contribution in [0.3, 0.4) is 0 Å². The number of anilines is 1. The summed E-state index contributed by atoms with van der Waals surface area (Å²) in [5.41, 5.74) is 5.60. The fraction of sp³-hybridized carbons (Fsp3) is 0. The van der Waals surface area contributed by atoms with Crippen LogP contribution in [0.5, 0.6) is 11.6 Å². The molecule has 0 spiro atoms. The lowest BCUT2D eigenvalue weighted by atomic mass is 10.3. The minimum absolute atomic E-state index is 0.0514. The molecule has 1 aromatic heterocycles. The van der Waals surface area contributed by atoms with Crippen molar-refractivity contribution in [1.82, 2.24) is 9.97 Å². The second-order valence-electron chi connectivity index (χ2n) is 3.24. The molecule has 0 saturated heterocycles. The van der Waals surface area contributed by atoms with Crippen molar-refractivity contribution >= 4 is 23.0 Å². The highest BCUT2D eigenvalue weighted by atomic mass is 35.5. The van der Waals surface area contributed by atoms with Crippen molar-refractivity contribution in [2.45, 2.75) is 0 Å². The number of halogens is 1. The molecule has 0 aliphatic rings. The predicted molar refractivity (Wildman–Crippen MR) is 64.6 cm³/mol. The van der Waals surface area contributed by atoms with E-state index in [1.165, 1.54) is 24.5 Å². The molecule has 0 bridgehead atoms. The van der Waals surface area contributed by atoms with E-state index in [2.05, 4.69) is 9.97 Å². The van der Waals surface area contributed by atoms with Gasteiger partial charge in [-0.15, -0.1) is 0 Å². The van der Waals surface area contributed by atoms with Gasteiger partial charge in [-0.25, -0.2) is 4.98 Å². The van der Waals surface area contributed by atoms with E-state index in [-0.39, 0.29) is 28.2 Å². The topological polar surface area (TPSA) is 104 Å². The number of hydrogen-bond acceptors (Lipinski definition) is 6. The van der Waals surface area contributed by atoms with Gasteiger partial charge in [0.25, 0.3) is 5.69 Å². The highest BCUT2D eigenvalue weighted by Crippen LogP contribution is 2.30. The molecule has 1 heterocycles. The molecular weight excluding hydrogens is 260 g/mol. The lowest BCUT2D eigenvalue weighted by molar-refractivity contribution is -0.384. The first-order valence-corrected chi connectivity index (χ1v) is 5.14. The van der Waals surface area contributed by atoms with E-state index in [4.69, 9.17) is 22.1 Å². The molecule has 2 aromatic rings. The van der Waals surface area contributed by atoms with Crippen LogP contribution < -0.4 is 10.5 Å². The molecule has 0 aliphatic heterocycles. The van der Waals surface area contributed by atoms with Crippen molar-refractivity contribution in [2.75, 3.05) is 5.73 Å². The lowest BCUT2D eigenvalue weighted by Crippen LogP contribution is -1.97. The fourth-order valence-corrected chi connectivity index (χ4v) is 1.34. The zero-order valence-corrected chi connectivity index (χ0v) is 9.66. The quantitative estimate of drug-likeness (QED) is 0.520. The van der Waals surface area contributed by atoms with Gasteiger partial charge in [0.1, 0.15) is 17.8 Å². The van der Waals surface area contributed by atoms with Crippen LogP contribution in [0.1, 0.15) is 0 Å². The zero-order valence-electron chi connectivity index (χ0n) is 8.91. The largest absolute Gasteiger partial charge is 0.437 e. The molecule has 7 nitrogen and oxygen atoms in total. The molecule has 2 rings (SSSR count). The second-order valence-corrected chi connectivity index (χ2v) is 3.60. The van der Waals surface area contributed by atoms with E-state index in [9.17, 15) is 10.1 Å². The van der Waals surface area contributed by atoms with Crippen molar-refractivity contribution in [1.29, 1.82) is 0 Å². The van der Waals surface area contributed by atoms with Gasteiger partial charge in [-0.3, -0.25) is 10.1 Å². The van der Waals surface area contributed by atoms with Crippen molar-refractivity contribution in [2.24, 2.45) is 0 Å². The third kappa shape index (κ3) is 2.46. The maximum Gasteiger partial charge on any atom is 0.273 e. The third-order valence-corrected chi connectivity index (χ3v) is 2.34. The fourth-order valence-electron chi connectivity index (χ4n) is 1.21. The molecule has 1 aromatic carbocycles. The van der Waals surface area contributed by atoms with Crippen LogP contribution in [-0.4, -0.2) is 14.9 Å². The molecular formula is C10H7ClN4O3. The summed E-state index contributed by atoms with van der Waals surface area (Å²) in [6.45, 7) is 0. The number of nitro groups is 1. The van der Waals surface area contributed by atoms with Gasteiger partial charge < -0.3 is 10.5 Å². The first kappa shape index (κ1) is 12.1. The molecule has 18 heavy (non-hydrogen) atoms. The molecule has 0 amide bonds. The van der Waals surface area contributed by atoms with Gasteiger partial charge in [-0.05, 0) is 6.07 Å². The van der Waals surface area contributed by atoms with Gasteiger partial charge in [0.2, 0.25) is 5.88 Å². The average molecular weight is 267 g/mol. The van der Waals surface area contributed by atoms with Crippen LogP contribution >= 0.6 is 11.6 Å². The molecule has 8 heteroatoms. The zero-order chi connectivity index (χ0) is 13.1. The van der Waals surface area contributed by atoms with Crippen molar-refractivity contribution in [3.8, 4) is 11.6 Å². The summed E-state index contributed by atoms with van der Waals surface area (Å²) in [4.78, 5) is 17.5. The van der Waals surface area contributed by atoms with Gasteiger partial charge >= 0.3 is 0 Å². The molecule has 0 unspecified atom stereocenters. The Labute approximate surface area is 106 Å². The minimum Gasteiger partial charge on any atom is -0.437 e. The monoisotopic (exact) mass is 266 g/mol. The minimum atomic E-state index is -0.525. The van der Waals surface area contributed by atoms with E-state index >= 15 is 0 Å². The van der Waals surface area contributed by atoms with Gasteiger partial charge in [0, 0.05) is 6.07 Å². The maximum absolute atomic E-state index is 10.6. The Hall–Kier alpha value is -2.41. The molecule has 0 aliphatic carbocycles. The Morgan fingerprint density at radius 1 is 1.39 bits per heavy atom. The molecule has 0 radical (unpaired) electrons. The van der Waals surface area contributed by atoms with Crippen LogP contribution in [-0.2, 0) is 0 Å². The number of nitro benzene ring substituents is 1. The Bertz CT molecular complexity index is 605. The summed E-state index contributed by atoms with van der Waals surface area (Å²) < 4.78 is 5.32. The third-order valence-electron chi connectivity index (χ3n) is 2.04. The van der Waals surface area contributed by atoms with Crippen LogP contribution in [0.15, 0.2) is 30.6 Å². The van der Waals surface area contributed by atoms with Crippen molar-refractivity contribution < 1.29 is 9.66 Å². The number of hydrogen-bond donors (Lipinski definition) is 1. The number of non-ortho nitro benzene ring substituents is 1. The smallest absolute Gasteiger partial charge is 0.273 e. The number of nitrogens with two attached hydrogens (primary N) is 1. The van der Waals surface area contributed by atoms with E-state index in [0.29, 0.717) is 0 Å². The summed E-state index contributed by atoms with van der Waals surface area (Å²) in [6.07, 6.45) is 1.19. The number of benzene rings is 1. The van der Waals surface area contributed by atoms with E-state index < -0.39 is 4.92 Å². The SMILES string of the molecule is Nc1c(Cl)ncnc1Oc1cccc([N+](=O)[O-])c1. The molecule has 0 atom stereocenters.